The van der Waals surface area contributed by atoms with Crippen LogP contribution in [0.1, 0.15) is 25.8 Å². The third kappa shape index (κ3) is 4.16. The lowest BCUT2D eigenvalue weighted by atomic mass is 10.2. The van der Waals surface area contributed by atoms with Crippen molar-refractivity contribution >= 4 is 5.91 Å². The van der Waals surface area contributed by atoms with Crippen LogP contribution < -0.4 is 9.47 Å². The van der Waals surface area contributed by atoms with Crippen LogP contribution in [-0.2, 0) is 4.79 Å². The fourth-order valence-corrected chi connectivity index (χ4v) is 1.66. The van der Waals surface area contributed by atoms with Crippen LogP contribution in [0.25, 0.3) is 0 Å². The summed E-state index contributed by atoms with van der Waals surface area (Å²) in [6.07, 6.45) is 0.927. The molecule has 0 heterocycles. The Kier molecular flexibility index (Phi) is 5.67. The molecule has 0 bridgehead atoms. The second-order valence-corrected chi connectivity index (χ2v) is 4.70. The van der Waals surface area contributed by atoms with Gasteiger partial charge in [-0.2, -0.15) is 0 Å². The zero-order valence-corrected chi connectivity index (χ0v) is 12.4. The second-order valence-electron chi connectivity index (χ2n) is 4.70. The molecule has 0 aliphatic heterocycles. The lowest BCUT2D eigenvalue weighted by Crippen LogP contribution is -2.37. The number of nitrogens with zero attached hydrogens (tertiary/aromatic N) is 1. The summed E-state index contributed by atoms with van der Waals surface area (Å²) in [6, 6.07) is 5.86. The van der Waals surface area contributed by atoms with Crippen LogP contribution in [0.15, 0.2) is 18.2 Å². The van der Waals surface area contributed by atoms with Crippen LogP contribution >= 0.6 is 0 Å². The van der Waals surface area contributed by atoms with E-state index in [1.165, 1.54) is 0 Å². The average Bonchev–Trinajstić information content (AvgIpc) is 2.43. The lowest BCUT2D eigenvalue weighted by Gasteiger charge is -2.24. The monoisotopic (exact) mass is 265 g/mol. The van der Waals surface area contributed by atoms with E-state index in [2.05, 4.69) is 6.92 Å². The molecule has 1 atom stereocenters. The first-order valence-corrected chi connectivity index (χ1v) is 6.52. The number of rotatable bonds is 6. The van der Waals surface area contributed by atoms with Gasteiger partial charge in [-0.3, -0.25) is 4.79 Å². The maximum absolute atomic E-state index is 11.9. The minimum atomic E-state index is -0.0306. The van der Waals surface area contributed by atoms with Crippen molar-refractivity contribution in [3.8, 4) is 11.5 Å². The second kappa shape index (κ2) is 7.02. The maximum atomic E-state index is 11.9. The number of benzene rings is 1. The Labute approximate surface area is 115 Å². The van der Waals surface area contributed by atoms with Gasteiger partial charge in [-0.25, -0.2) is 0 Å². The van der Waals surface area contributed by atoms with Gasteiger partial charge in [0.15, 0.2) is 18.1 Å². The zero-order chi connectivity index (χ0) is 14.4. The van der Waals surface area contributed by atoms with Crippen LogP contribution in [0.4, 0.5) is 0 Å². The van der Waals surface area contributed by atoms with E-state index < -0.39 is 0 Å². The first kappa shape index (κ1) is 15.3. The van der Waals surface area contributed by atoms with Gasteiger partial charge < -0.3 is 14.4 Å². The number of ether oxygens (including phenoxy) is 2. The summed E-state index contributed by atoms with van der Waals surface area (Å²) in [6.45, 7) is 6.08. The molecule has 4 nitrogen and oxygen atoms in total. The summed E-state index contributed by atoms with van der Waals surface area (Å²) in [7, 11) is 3.39. The van der Waals surface area contributed by atoms with Gasteiger partial charge in [-0.15, -0.1) is 0 Å². The fraction of sp³-hybridized carbons (Fsp3) is 0.533. The molecule has 0 aliphatic rings. The number of hydrogen-bond donors (Lipinski definition) is 0. The third-order valence-electron chi connectivity index (χ3n) is 3.32. The molecule has 1 aromatic carbocycles. The molecular weight excluding hydrogens is 242 g/mol. The van der Waals surface area contributed by atoms with E-state index in [-0.39, 0.29) is 18.6 Å². The molecular formula is C15H23NO3. The molecule has 0 N–H and O–H groups in total. The summed E-state index contributed by atoms with van der Waals surface area (Å²) >= 11 is 0. The van der Waals surface area contributed by atoms with Crippen molar-refractivity contribution < 1.29 is 14.3 Å². The quantitative estimate of drug-likeness (QED) is 0.793. The number of methoxy groups -OCH3 is 1. The van der Waals surface area contributed by atoms with Crippen molar-refractivity contribution in [1.82, 2.24) is 4.90 Å². The average molecular weight is 265 g/mol. The van der Waals surface area contributed by atoms with E-state index in [1.54, 1.807) is 19.1 Å². The molecule has 0 aliphatic carbocycles. The molecule has 0 fully saturated rings. The molecule has 0 saturated heterocycles. The molecule has 106 valence electrons. The van der Waals surface area contributed by atoms with E-state index in [4.69, 9.17) is 9.47 Å². The van der Waals surface area contributed by atoms with Crippen LogP contribution in [0.2, 0.25) is 0 Å². The Hall–Kier alpha value is -1.71. The van der Waals surface area contributed by atoms with Crippen molar-refractivity contribution in [1.29, 1.82) is 0 Å². The molecule has 0 radical (unpaired) electrons. The van der Waals surface area contributed by atoms with Crippen molar-refractivity contribution in [3.05, 3.63) is 23.8 Å². The lowest BCUT2D eigenvalue weighted by molar-refractivity contribution is -0.133. The number of likely N-dealkylation sites (N-methyl/N-ethyl adjacent to an activating group) is 1. The predicted molar refractivity (Wildman–Crippen MR) is 75.7 cm³/mol. The first-order valence-electron chi connectivity index (χ1n) is 6.52. The van der Waals surface area contributed by atoms with Gasteiger partial charge in [-0.05, 0) is 38.0 Å². The molecule has 1 unspecified atom stereocenters. The van der Waals surface area contributed by atoms with Crippen molar-refractivity contribution in [2.24, 2.45) is 0 Å². The Morgan fingerprint density at radius 2 is 2.05 bits per heavy atom. The smallest absolute Gasteiger partial charge is 0.260 e. The topological polar surface area (TPSA) is 38.8 Å². The first-order chi connectivity index (χ1) is 8.99. The highest BCUT2D eigenvalue weighted by Gasteiger charge is 2.15. The minimum absolute atomic E-state index is 0.0280. The summed E-state index contributed by atoms with van der Waals surface area (Å²) in [4.78, 5) is 13.7. The van der Waals surface area contributed by atoms with Crippen LogP contribution in [0, 0.1) is 6.92 Å². The summed E-state index contributed by atoms with van der Waals surface area (Å²) in [5, 5.41) is 0. The maximum Gasteiger partial charge on any atom is 0.260 e. The summed E-state index contributed by atoms with van der Waals surface area (Å²) < 4.78 is 10.8. The van der Waals surface area contributed by atoms with Crippen molar-refractivity contribution in [3.63, 3.8) is 0 Å². The number of aryl methyl sites for hydroxylation is 1. The third-order valence-corrected chi connectivity index (χ3v) is 3.32. The number of hydrogen-bond acceptors (Lipinski definition) is 3. The van der Waals surface area contributed by atoms with Gasteiger partial charge in [0.2, 0.25) is 0 Å². The predicted octanol–water partition coefficient (Wildman–Crippen LogP) is 2.64. The molecule has 1 amide bonds. The molecule has 4 heteroatoms. The molecule has 0 spiro atoms. The van der Waals surface area contributed by atoms with Crippen molar-refractivity contribution in [2.75, 3.05) is 20.8 Å². The van der Waals surface area contributed by atoms with Crippen molar-refractivity contribution in [2.45, 2.75) is 33.2 Å². The van der Waals surface area contributed by atoms with Gasteiger partial charge in [0, 0.05) is 13.1 Å². The molecule has 19 heavy (non-hydrogen) atoms. The van der Waals surface area contributed by atoms with E-state index in [1.807, 2.05) is 32.0 Å². The number of carbonyl (C=O) groups is 1. The van der Waals surface area contributed by atoms with E-state index in [0.717, 1.165) is 12.0 Å². The molecule has 0 aromatic heterocycles. The zero-order valence-electron chi connectivity index (χ0n) is 12.4. The van der Waals surface area contributed by atoms with Gasteiger partial charge in [0.05, 0.1) is 7.11 Å². The summed E-state index contributed by atoms with van der Waals surface area (Å²) in [5.74, 6) is 1.22. The number of amides is 1. The molecule has 1 rings (SSSR count). The van der Waals surface area contributed by atoms with Crippen LogP contribution in [-0.4, -0.2) is 37.6 Å². The van der Waals surface area contributed by atoms with Gasteiger partial charge >= 0.3 is 0 Å². The van der Waals surface area contributed by atoms with Gasteiger partial charge in [-0.1, -0.05) is 13.0 Å². The Bertz CT molecular complexity index is 431. The Morgan fingerprint density at radius 3 is 2.63 bits per heavy atom. The Balaban J connectivity index is 2.64. The molecule has 0 saturated carbocycles. The SMILES string of the molecule is CCC(C)N(C)C(=O)COc1ccc(C)cc1OC. The highest BCUT2D eigenvalue weighted by Crippen LogP contribution is 2.27. The van der Waals surface area contributed by atoms with E-state index in [9.17, 15) is 4.79 Å². The number of carbonyl (C=O) groups excluding carboxylic acids is 1. The standard InChI is InChI=1S/C15H23NO3/c1-6-12(3)16(4)15(17)10-19-13-8-7-11(2)9-14(13)18-5/h7-9,12H,6,10H2,1-5H3. The molecule has 1 aromatic rings. The summed E-state index contributed by atoms with van der Waals surface area (Å²) in [5.41, 5.74) is 1.09. The van der Waals surface area contributed by atoms with Crippen LogP contribution in [0.5, 0.6) is 11.5 Å². The van der Waals surface area contributed by atoms with E-state index in [0.29, 0.717) is 11.5 Å². The Morgan fingerprint density at radius 1 is 1.37 bits per heavy atom. The van der Waals surface area contributed by atoms with Gasteiger partial charge in [0.1, 0.15) is 0 Å². The highest BCUT2D eigenvalue weighted by atomic mass is 16.5. The highest BCUT2D eigenvalue weighted by molar-refractivity contribution is 5.77. The van der Waals surface area contributed by atoms with Gasteiger partial charge in [0.25, 0.3) is 5.91 Å². The normalized spacial score (nSPS) is 11.8. The van der Waals surface area contributed by atoms with Crippen LogP contribution in [0.3, 0.4) is 0 Å². The largest absolute Gasteiger partial charge is 0.493 e. The fourth-order valence-electron chi connectivity index (χ4n) is 1.66. The van der Waals surface area contributed by atoms with E-state index >= 15 is 0 Å². The minimum Gasteiger partial charge on any atom is -0.493 e.